The minimum absolute atomic E-state index is 0.377. The van der Waals surface area contributed by atoms with Crippen LogP contribution in [0.2, 0.25) is 0 Å². The maximum atomic E-state index is 10.8. The second kappa shape index (κ2) is 2.51. The highest BCUT2D eigenvalue weighted by molar-refractivity contribution is 5.89. The first-order valence-electron chi connectivity index (χ1n) is 2.75. The average molecular weight is 141 g/mol. The molecule has 0 saturated carbocycles. The molecule has 4 nitrogen and oxygen atoms in total. The monoisotopic (exact) mass is 141 g/mol. The quantitative estimate of drug-likeness (QED) is 0.542. The molecule has 1 aromatic heterocycles. The molecule has 0 aliphatic rings. The molecule has 1 aromatic rings. The molecule has 0 saturated heterocycles. The SMILES string of the molecule is COC(=O)c1cnoc1C. The number of hydrogen-bond acceptors (Lipinski definition) is 4. The van der Waals surface area contributed by atoms with Crippen molar-refractivity contribution in [2.45, 2.75) is 6.92 Å². The first-order chi connectivity index (χ1) is 4.75. The van der Waals surface area contributed by atoms with Crippen molar-refractivity contribution in [3.8, 4) is 0 Å². The van der Waals surface area contributed by atoms with Crippen molar-refractivity contribution >= 4 is 5.97 Å². The van der Waals surface area contributed by atoms with Gasteiger partial charge >= 0.3 is 5.97 Å². The van der Waals surface area contributed by atoms with Gasteiger partial charge in [-0.15, -0.1) is 0 Å². The van der Waals surface area contributed by atoms with Gasteiger partial charge in [0.1, 0.15) is 11.3 Å². The number of esters is 1. The third-order valence-corrected chi connectivity index (χ3v) is 1.16. The van der Waals surface area contributed by atoms with Crippen molar-refractivity contribution in [3.05, 3.63) is 17.5 Å². The van der Waals surface area contributed by atoms with E-state index in [-0.39, 0.29) is 0 Å². The molecular weight excluding hydrogens is 134 g/mol. The summed E-state index contributed by atoms with van der Waals surface area (Å²) in [5, 5.41) is 3.41. The van der Waals surface area contributed by atoms with E-state index in [0.717, 1.165) is 0 Å². The Balaban J connectivity index is 2.93. The van der Waals surface area contributed by atoms with Gasteiger partial charge in [0, 0.05) is 0 Å². The molecule has 0 aromatic carbocycles. The number of nitrogens with zero attached hydrogens (tertiary/aromatic N) is 1. The fourth-order valence-electron chi connectivity index (χ4n) is 0.605. The van der Waals surface area contributed by atoms with Gasteiger partial charge < -0.3 is 9.26 Å². The zero-order chi connectivity index (χ0) is 7.56. The number of ether oxygens (including phenoxy) is 1. The summed E-state index contributed by atoms with van der Waals surface area (Å²) < 4.78 is 9.07. The van der Waals surface area contributed by atoms with Crippen LogP contribution in [-0.4, -0.2) is 18.2 Å². The molecule has 10 heavy (non-hydrogen) atoms. The van der Waals surface area contributed by atoms with Gasteiger partial charge in [-0.1, -0.05) is 5.16 Å². The minimum atomic E-state index is -0.418. The van der Waals surface area contributed by atoms with Crippen LogP contribution in [0.3, 0.4) is 0 Å². The predicted octanol–water partition coefficient (Wildman–Crippen LogP) is 0.770. The van der Waals surface area contributed by atoms with E-state index < -0.39 is 5.97 Å². The van der Waals surface area contributed by atoms with Crippen LogP contribution < -0.4 is 0 Å². The van der Waals surface area contributed by atoms with Crippen LogP contribution in [0.15, 0.2) is 10.7 Å². The summed E-state index contributed by atoms with van der Waals surface area (Å²) in [4.78, 5) is 10.8. The van der Waals surface area contributed by atoms with Crippen molar-refractivity contribution in [1.29, 1.82) is 0 Å². The van der Waals surface area contributed by atoms with E-state index in [2.05, 4.69) is 14.4 Å². The molecule has 4 heteroatoms. The lowest BCUT2D eigenvalue weighted by molar-refractivity contribution is 0.0599. The lowest BCUT2D eigenvalue weighted by Crippen LogP contribution is -2.00. The van der Waals surface area contributed by atoms with Gasteiger partial charge in [0.25, 0.3) is 0 Å². The summed E-state index contributed by atoms with van der Waals surface area (Å²) in [7, 11) is 1.31. The van der Waals surface area contributed by atoms with Crippen LogP contribution in [0.1, 0.15) is 16.1 Å². The molecule has 0 fully saturated rings. The van der Waals surface area contributed by atoms with Crippen LogP contribution >= 0.6 is 0 Å². The maximum absolute atomic E-state index is 10.8. The average Bonchev–Trinajstić information content (AvgIpc) is 2.34. The van der Waals surface area contributed by atoms with E-state index in [9.17, 15) is 4.79 Å². The van der Waals surface area contributed by atoms with Gasteiger partial charge in [-0.2, -0.15) is 0 Å². The molecule has 1 heterocycles. The van der Waals surface area contributed by atoms with Crippen molar-refractivity contribution in [2.75, 3.05) is 7.11 Å². The van der Waals surface area contributed by atoms with Gasteiger partial charge in [-0.05, 0) is 6.92 Å². The van der Waals surface area contributed by atoms with E-state index in [0.29, 0.717) is 11.3 Å². The summed E-state index contributed by atoms with van der Waals surface area (Å²) >= 11 is 0. The molecule has 0 bridgehead atoms. The maximum Gasteiger partial charge on any atom is 0.343 e. The topological polar surface area (TPSA) is 52.3 Å². The van der Waals surface area contributed by atoms with E-state index in [4.69, 9.17) is 0 Å². The molecule has 0 spiro atoms. The highest BCUT2D eigenvalue weighted by Gasteiger charge is 2.11. The van der Waals surface area contributed by atoms with Gasteiger partial charge in [-0.25, -0.2) is 4.79 Å². The predicted molar refractivity (Wildman–Crippen MR) is 32.6 cm³/mol. The normalized spacial score (nSPS) is 9.40. The number of carbonyl (C=O) groups is 1. The Morgan fingerprint density at radius 2 is 2.50 bits per heavy atom. The third kappa shape index (κ3) is 1.00. The minimum Gasteiger partial charge on any atom is -0.465 e. The fourth-order valence-corrected chi connectivity index (χ4v) is 0.605. The molecule has 0 N–H and O–H groups in total. The summed E-state index contributed by atoms with van der Waals surface area (Å²) in [5.41, 5.74) is 0.377. The lowest BCUT2D eigenvalue weighted by atomic mass is 10.3. The smallest absolute Gasteiger partial charge is 0.343 e. The zero-order valence-corrected chi connectivity index (χ0v) is 5.75. The number of methoxy groups -OCH3 is 1. The Bertz CT molecular complexity index is 241. The first-order valence-corrected chi connectivity index (χ1v) is 2.75. The van der Waals surface area contributed by atoms with E-state index in [1.54, 1.807) is 6.92 Å². The van der Waals surface area contributed by atoms with Crippen LogP contribution in [0, 0.1) is 6.92 Å². The third-order valence-electron chi connectivity index (χ3n) is 1.16. The summed E-state index contributed by atoms with van der Waals surface area (Å²) in [6.45, 7) is 1.65. The van der Waals surface area contributed by atoms with E-state index in [1.807, 2.05) is 0 Å². The lowest BCUT2D eigenvalue weighted by Gasteiger charge is -1.91. The molecule has 1 rings (SSSR count). The zero-order valence-electron chi connectivity index (χ0n) is 5.75. The summed E-state index contributed by atoms with van der Waals surface area (Å²) in [6, 6.07) is 0. The van der Waals surface area contributed by atoms with Crippen molar-refractivity contribution in [1.82, 2.24) is 5.16 Å². The number of hydrogen-bond donors (Lipinski definition) is 0. The van der Waals surface area contributed by atoms with Gasteiger partial charge in [0.15, 0.2) is 0 Å². The number of aromatic nitrogens is 1. The molecule has 54 valence electrons. The Labute approximate surface area is 57.8 Å². The number of aryl methyl sites for hydroxylation is 1. The van der Waals surface area contributed by atoms with Gasteiger partial charge in [0.05, 0.1) is 13.3 Å². The van der Waals surface area contributed by atoms with Crippen molar-refractivity contribution in [2.24, 2.45) is 0 Å². The number of carbonyl (C=O) groups excluding carboxylic acids is 1. The van der Waals surface area contributed by atoms with E-state index in [1.165, 1.54) is 13.3 Å². The highest BCUT2D eigenvalue weighted by Crippen LogP contribution is 2.06. The van der Waals surface area contributed by atoms with Crippen LogP contribution in [0.5, 0.6) is 0 Å². The standard InChI is InChI=1S/C6H7NO3/c1-4-5(3-7-10-4)6(8)9-2/h3H,1-2H3. The van der Waals surface area contributed by atoms with Crippen LogP contribution in [-0.2, 0) is 4.74 Å². The number of rotatable bonds is 1. The molecule has 0 amide bonds. The van der Waals surface area contributed by atoms with Gasteiger partial charge in [-0.3, -0.25) is 0 Å². The Morgan fingerprint density at radius 3 is 2.90 bits per heavy atom. The Morgan fingerprint density at radius 1 is 1.80 bits per heavy atom. The Hall–Kier alpha value is -1.32. The van der Waals surface area contributed by atoms with Crippen LogP contribution in [0.4, 0.5) is 0 Å². The molecule has 0 aliphatic carbocycles. The Kier molecular flexibility index (Phi) is 1.71. The fraction of sp³-hybridized carbons (Fsp3) is 0.333. The first kappa shape index (κ1) is 6.80. The summed E-state index contributed by atoms with van der Waals surface area (Å²) in [6.07, 6.45) is 1.33. The molecule has 0 aliphatic heterocycles. The van der Waals surface area contributed by atoms with Crippen molar-refractivity contribution < 1.29 is 14.1 Å². The molecule has 0 radical (unpaired) electrons. The summed E-state index contributed by atoms with van der Waals surface area (Å²) in [5.74, 6) is 0.0607. The largest absolute Gasteiger partial charge is 0.465 e. The van der Waals surface area contributed by atoms with Crippen molar-refractivity contribution in [3.63, 3.8) is 0 Å². The van der Waals surface area contributed by atoms with Gasteiger partial charge in [0.2, 0.25) is 0 Å². The molecule has 0 unspecified atom stereocenters. The molecule has 0 atom stereocenters. The molecular formula is C6H7NO3. The van der Waals surface area contributed by atoms with E-state index >= 15 is 0 Å². The second-order valence-electron chi connectivity index (χ2n) is 1.79. The highest BCUT2D eigenvalue weighted by atomic mass is 16.5. The second-order valence-corrected chi connectivity index (χ2v) is 1.79. The van der Waals surface area contributed by atoms with Crippen LogP contribution in [0.25, 0.3) is 0 Å².